The van der Waals surface area contributed by atoms with Crippen LogP contribution in [0.1, 0.15) is 17.2 Å². The predicted octanol–water partition coefficient (Wildman–Crippen LogP) is 5.14. The lowest BCUT2D eigenvalue weighted by atomic mass is 9.95. The summed E-state index contributed by atoms with van der Waals surface area (Å²) in [7, 11) is 2.87. The third-order valence-corrected chi connectivity index (χ3v) is 6.07. The predicted molar refractivity (Wildman–Crippen MR) is 128 cm³/mol. The first kappa shape index (κ1) is 22.8. The second kappa shape index (κ2) is 9.25. The Bertz CT molecular complexity index is 1280. The topological polar surface area (TPSA) is 89.0 Å². The molecule has 3 aromatic rings. The molecule has 168 valence electrons. The molecule has 0 spiro atoms. The SMILES string of the molecule is COc1cc(OC)c(/C(O)=C2\C(=O)C(=O)N(c3cccc(Br)c3)C2c2ccncc2)cc1Cl. The molecule has 4 rings (SSSR count). The third kappa shape index (κ3) is 4.07. The van der Waals surface area contributed by atoms with Crippen LogP contribution in [0.5, 0.6) is 11.5 Å². The van der Waals surface area contributed by atoms with E-state index in [4.69, 9.17) is 21.1 Å². The number of ether oxygens (including phenoxy) is 2. The summed E-state index contributed by atoms with van der Waals surface area (Å²) < 4.78 is 11.3. The molecule has 1 unspecified atom stereocenters. The summed E-state index contributed by atoms with van der Waals surface area (Å²) >= 11 is 9.68. The number of Topliss-reactive ketones (excluding diaryl/α,β-unsaturated/α-hetero) is 1. The summed E-state index contributed by atoms with van der Waals surface area (Å²) in [6.07, 6.45) is 3.11. The summed E-state index contributed by atoms with van der Waals surface area (Å²) in [6, 6.07) is 12.4. The van der Waals surface area contributed by atoms with Crippen LogP contribution in [-0.2, 0) is 9.59 Å². The van der Waals surface area contributed by atoms with E-state index in [1.165, 1.54) is 31.3 Å². The average molecular weight is 530 g/mol. The highest BCUT2D eigenvalue weighted by Crippen LogP contribution is 2.44. The quantitative estimate of drug-likeness (QED) is 0.280. The number of halogens is 2. The molecular weight excluding hydrogens is 512 g/mol. The summed E-state index contributed by atoms with van der Waals surface area (Å²) in [6.45, 7) is 0. The maximum absolute atomic E-state index is 13.2. The molecule has 2 aromatic carbocycles. The van der Waals surface area contributed by atoms with Crippen molar-refractivity contribution in [3.63, 3.8) is 0 Å². The number of aromatic nitrogens is 1. The number of aliphatic hydroxyl groups is 1. The number of anilines is 1. The number of ketones is 1. The van der Waals surface area contributed by atoms with Crippen LogP contribution in [0.15, 0.2) is 71.0 Å². The minimum absolute atomic E-state index is 0.0919. The molecule has 0 aliphatic carbocycles. The van der Waals surface area contributed by atoms with Crippen molar-refractivity contribution in [1.82, 2.24) is 4.98 Å². The number of carbonyl (C=O) groups excluding carboxylic acids is 2. The molecule has 1 saturated heterocycles. The second-order valence-corrected chi connectivity index (χ2v) is 8.44. The van der Waals surface area contributed by atoms with Crippen molar-refractivity contribution < 1.29 is 24.2 Å². The van der Waals surface area contributed by atoms with Gasteiger partial charge < -0.3 is 14.6 Å². The maximum Gasteiger partial charge on any atom is 0.300 e. The van der Waals surface area contributed by atoms with Crippen molar-refractivity contribution in [2.45, 2.75) is 6.04 Å². The summed E-state index contributed by atoms with van der Waals surface area (Å²) in [4.78, 5) is 31.8. The van der Waals surface area contributed by atoms with Crippen LogP contribution in [0, 0.1) is 0 Å². The number of benzene rings is 2. The third-order valence-electron chi connectivity index (χ3n) is 5.28. The molecule has 0 saturated carbocycles. The zero-order valence-electron chi connectivity index (χ0n) is 17.6. The van der Waals surface area contributed by atoms with Crippen molar-refractivity contribution in [3.8, 4) is 11.5 Å². The molecule has 9 heteroatoms. The molecule has 0 radical (unpaired) electrons. The number of aliphatic hydroxyl groups excluding tert-OH is 1. The number of carbonyl (C=O) groups is 2. The number of rotatable bonds is 5. The molecule has 7 nitrogen and oxygen atoms in total. The molecule has 1 atom stereocenters. The minimum Gasteiger partial charge on any atom is -0.507 e. The van der Waals surface area contributed by atoms with Gasteiger partial charge in [0.25, 0.3) is 11.7 Å². The largest absolute Gasteiger partial charge is 0.507 e. The minimum atomic E-state index is -0.895. The van der Waals surface area contributed by atoms with Gasteiger partial charge in [-0.3, -0.25) is 19.5 Å². The molecule has 33 heavy (non-hydrogen) atoms. The first-order valence-corrected chi connectivity index (χ1v) is 10.9. The van der Waals surface area contributed by atoms with E-state index in [1.54, 1.807) is 42.7 Å². The number of methoxy groups -OCH3 is 2. The summed E-state index contributed by atoms with van der Waals surface area (Å²) in [5, 5.41) is 11.5. The zero-order valence-corrected chi connectivity index (χ0v) is 19.9. The molecule has 0 bridgehead atoms. The van der Waals surface area contributed by atoms with Gasteiger partial charge in [0.2, 0.25) is 0 Å². The lowest BCUT2D eigenvalue weighted by molar-refractivity contribution is -0.132. The van der Waals surface area contributed by atoms with Gasteiger partial charge in [0, 0.05) is 28.6 Å². The number of nitrogens with zero attached hydrogens (tertiary/aromatic N) is 2. The Hall–Kier alpha value is -3.36. The Morgan fingerprint density at radius 2 is 1.76 bits per heavy atom. The molecule has 1 N–H and O–H groups in total. The number of hydrogen-bond donors (Lipinski definition) is 1. The highest BCUT2D eigenvalue weighted by atomic mass is 79.9. The van der Waals surface area contributed by atoms with Crippen molar-refractivity contribution in [2.24, 2.45) is 0 Å². The number of hydrogen-bond acceptors (Lipinski definition) is 6. The van der Waals surface area contributed by atoms with Gasteiger partial charge in [0.05, 0.1) is 36.4 Å². The van der Waals surface area contributed by atoms with Crippen molar-refractivity contribution >= 4 is 50.7 Å². The molecule has 1 fully saturated rings. The van der Waals surface area contributed by atoms with Crippen LogP contribution in [0.2, 0.25) is 5.02 Å². The van der Waals surface area contributed by atoms with Gasteiger partial charge in [-0.1, -0.05) is 33.6 Å². The van der Waals surface area contributed by atoms with E-state index >= 15 is 0 Å². The van der Waals surface area contributed by atoms with E-state index < -0.39 is 23.5 Å². The van der Waals surface area contributed by atoms with Crippen LogP contribution in [0.4, 0.5) is 5.69 Å². The fraction of sp³-hybridized carbons (Fsp3) is 0.125. The lowest BCUT2D eigenvalue weighted by Gasteiger charge is -2.25. The highest BCUT2D eigenvalue weighted by Gasteiger charge is 2.47. The normalized spacial score (nSPS) is 17.3. The summed E-state index contributed by atoms with van der Waals surface area (Å²) in [5.74, 6) is -1.44. The van der Waals surface area contributed by atoms with Crippen molar-refractivity contribution in [2.75, 3.05) is 19.1 Å². The summed E-state index contributed by atoms with van der Waals surface area (Å²) in [5.41, 5.74) is 1.16. The van der Waals surface area contributed by atoms with E-state index in [2.05, 4.69) is 20.9 Å². The van der Waals surface area contributed by atoms with Crippen LogP contribution < -0.4 is 14.4 Å². The Balaban J connectivity index is 1.98. The molecule has 2 heterocycles. The van der Waals surface area contributed by atoms with Crippen molar-refractivity contribution in [3.05, 3.63) is 87.1 Å². The van der Waals surface area contributed by atoms with E-state index in [-0.39, 0.29) is 21.9 Å². The van der Waals surface area contributed by atoms with E-state index in [9.17, 15) is 14.7 Å². The Kier molecular flexibility index (Phi) is 6.40. The smallest absolute Gasteiger partial charge is 0.300 e. The Morgan fingerprint density at radius 3 is 2.39 bits per heavy atom. The van der Waals surface area contributed by atoms with Crippen molar-refractivity contribution in [1.29, 1.82) is 0 Å². The molecule has 1 aromatic heterocycles. The van der Waals surface area contributed by atoms with E-state index in [0.29, 0.717) is 17.0 Å². The maximum atomic E-state index is 13.2. The first-order valence-electron chi connectivity index (χ1n) is 9.75. The lowest BCUT2D eigenvalue weighted by Crippen LogP contribution is -2.29. The molecule has 1 amide bonds. The van der Waals surface area contributed by atoms with Gasteiger partial charge in [0.1, 0.15) is 17.3 Å². The fourth-order valence-electron chi connectivity index (χ4n) is 3.78. The van der Waals surface area contributed by atoms with E-state index in [0.717, 1.165) is 4.47 Å². The molecule has 1 aliphatic rings. The molecule has 1 aliphatic heterocycles. The highest BCUT2D eigenvalue weighted by molar-refractivity contribution is 9.10. The first-order chi connectivity index (χ1) is 15.9. The second-order valence-electron chi connectivity index (χ2n) is 7.12. The molecular formula is C24H18BrClN2O5. The van der Waals surface area contributed by atoms with Crippen LogP contribution in [0.3, 0.4) is 0 Å². The van der Waals surface area contributed by atoms with Crippen LogP contribution in [0.25, 0.3) is 5.76 Å². The Labute approximate surface area is 203 Å². The van der Waals surface area contributed by atoms with Gasteiger partial charge in [-0.15, -0.1) is 0 Å². The van der Waals surface area contributed by atoms with Crippen LogP contribution >= 0.6 is 27.5 Å². The zero-order chi connectivity index (χ0) is 23.7. The van der Waals surface area contributed by atoms with Gasteiger partial charge >= 0.3 is 0 Å². The van der Waals surface area contributed by atoms with Gasteiger partial charge in [0.15, 0.2) is 0 Å². The van der Waals surface area contributed by atoms with Gasteiger partial charge in [-0.2, -0.15) is 0 Å². The monoisotopic (exact) mass is 528 g/mol. The van der Waals surface area contributed by atoms with Gasteiger partial charge in [-0.25, -0.2) is 0 Å². The standard InChI is InChI=1S/C24H18BrClN2O5/c1-32-18-12-19(33-2)17(26)11-16(18)22(29)20-21(13-6-8-27-9-7-13)28(24(31)23(20)30)15-5-3-4-14(25)10-15/h3-12,21,29H,1-2H3/b22-20+. The van der Waals surface area contributed by atoms with Gasteiger partial charge in [-0.05, 0) is 42.0 Å². The number of pyridine rings is 1. The Morgan fingerprint density at radius 1 is 1.06 bits per heavy atom. The van der Waals surface area contributed by atoms with E-state index in [1.807, 2.05) is 6.07 Å². The van der Waals surface area contributed by atoms with Crippen LogP contribution in [-0.4, -0.2) is 36.0 Å². The number of amides is 1. The fourth-order valence-corrected chi connectivity index (χ4v) is 4.40. The average Bonchev–Trinajstić information content (AvgIpc) is 3.09.